The van der Waals surface area contributed by atoms with Crippen molar-refractivity contribution in [2.45, 2.75) is 19.9 Å². The number of aryl methyl sites for hydroxylation is 2. The van der Waals surface area contributed by atoms with Crippen molar-refractivity contribution in [1.82, 2.24) is 0 Å². The second kappa shape index (κ2) is 6.12. The van der Waals surface area contributed by atoms with E-state index in [1.54, 1.807) is 7.11 Å². The number of nitrogens with zero attached hydrogens (tertiary/aromatic N) is 1. The Morgan fingerprint density at radius 2 is 1.65 bits per heavy atom. The van der Waals surface area contributed by atoms with Crippen molar-refractivity contribution in [3.8, 4) is 11.8 Å². The van der Waals surface area contributed by atoms with Gasteiger partial charge in [0.15, 0.2) is 0 Å². The second-order valence-electron chi connectivity index (χ2n) is 4.86. The van der Waals surface area contributed by atoms with Gasteiger partial charge in [-0.25, -0.2) is 0 Å². The van der Waals surface area contributed by atoms with Crippen molar-refractivity contribution >= 4 is 5.69 Å². The monoisotopic (exact) mass is 266 g/mol. The Morgan fingerprint density at radius 3 is 2.15 bits per heavy atom. The van der Waals surface area contributed by atoms with Gasteiger partial charge in [-0.05, 0) is 43.7 Å². The average molecular weight is 266 g/mol. The zero-order valence-corrected chi connectivity index (χ0v) is 12.0. The molecule has 1 unspecified atom stereocenters. The maximum atomic E-state index is 9.39. The van der Waals surface area contributed by atoms with Gasteiger partial charge in [-0.1, -0.05) is 29.3 Å². The predicted octanol–water partition coefficient (Wildman–Crippen LogP) is 3.99. The molecule has 3 nitrogen and oxygen atoms in total. The minimum absolute atomic E-state index is 0.359. The number of hydrogen-bond donors (Lipinski definition) is 1. The second-order valence-corrected chi connectivity index (χ2v) is 4.86. The molecular formula is C17H18N2O. The predicted molar refractivity (Wildman–Crippen MR) is 80.9 cm³/mol. The minimum atomic E-state index is -0.359. The summed E-state index contributed by atoms with van der Waals surface area (Å²) in [7, 11) is 1.63. The molecule has 3 heteroatoms. The number of ether oxygens (including phenoxy) is 1. The lowest BCUT2D eigenvalue weighted by Crippen LogP contribution is -2.09. The van der Waals surface area contributed by atoms with Gasteiger partial charge in [0.1, 0.15) is 11.8 Å². The Balaban J connectivity index is 2.22. The van der Waals surface area contributed by atoms with Crippen molar-refractivity contribution in [1.29, 1.82) is 5.26 Å². The van der Waals surface area contributed by atoms with Gasteiger partial charge in [-0.3, -0.25) is 0 Å². The zero-order chi connectivity index (χ0) is 14.5. The largest absolute Gasteiger partial charge is 0.497 e. The molecule has 2 aromatic rings. The van der Waals surface area contributed by atoms with Gasteiger partial charge in [-0.2, -0.15) is 5.26 Å². The third-order valence-electron chi connectivity index (χ3n) is 3.11. The molecule has 0 bridgehead atoms. The molecule has 0 heterocycles. The lowest BCUT2D eigenvalue weighted by atomic mass is 10.0. The van der Waals surface area contributed by atoms with E-state index in [0.29, 0.717) is 0 Å². The Morgan fingerprint density at radius 1 is 1.05 bits per heavy atom. The number of methoxy groups -OCH3 is 1. The Labute approximate surface area is 119 Å². The molecule has 0 aromatic heterocycles. The molecule has 0 radical (unpaired) electrons. The number of nitrogens with one attached hydrogen (secondary N) is 1. The summed E-state index contributed by atoms with van der Waals surface area (Å²) in [6.07, 6.45) is 0. The molecule has 102 valence electrons. The normalized spacial score (nSPS) is 11.5. The van der Waals surface area contributed by atoms with Crippen molar-refractivity contribution < 1.29 is 4.74 Å². The van der Waals surface area contributed by atoms with Gasteiger partial charge >= 0.3 is 0 Å². The zero-order valence-electron chi connectivity index (χ0n) is 12.0. The number of benzene rings is 2. The highest BCUT2D eigenvalue weighted by atomic mass is 16.5. The molecule has 0 amide bonds. The van der Waals surface area contributed by atoms with Crippen LogP contribution in [0.25, 0.3) is 0 Å². The lowest BCUT2D eigenvalue weighted by molar-refractivity contribution is 0.415. The van der Waals surface area contributed by atoms with Gasteiger partial charge < -0.3 is 10.1 Å². The van der Waals surface area contributed by atoms with Crippen LogP contribution in [-0.2, 0) is 0 Å². The van der Waals surface area contributed by atoms with Crippen LogP contribution >= 0.6 is 0 Å². The maximum absolute atomic E-state index is 9.39. The van der Waals surface area contributed by atoms with Crippen molar-refractivity contribution in [3.05, 3.63) is 59.2 Å². The van der Waals surface area contributed by atoms with Crippen LogP contribution in [0.2, 0.25) is 0 Å². The van der Waals surface area contributed by atoms with Gasteiger partial charge in [0, 0.05) is 5.69 Å². The molecule has 0 fully saturated rings. The van der Waals surface area contributed by atoms with E-state index >= 15 is 0 Å². The molecule has 0 aliphatic heterocycles. The van der Waals surface area contributed by atoms with Crippen LogP contribution in [0.15, 0.2) is 42.5 Å². The standard InChI is InChI=1S/C17H18N2O/c1-12-8-13(2)10-14(9-12)17(11-18)19-15-4-6-16(20-3)7-5-15/h4-10,17,19H,1-3H3. The first-order valence-electron chi connectivity index (χ1n) is 6.51. The van der Waals surface area contributed by atoms with Gasteiger partial charge in [-0.15, -0.1) is 0 Å². The van der Waals surface area contributed by atoms with Crippen LogP contribution in [-0.4, -0.2) is 7.11 Å². The summed E-state index contributed by atoms with van der Waals surface area (Å²) in [4.78, 5) is 0. The molecule has 0 aliphatic carbocycles. The van der Waals surface area contributed by atoms with E-state index < -0.39 is 0 Å². The SMILES string of the molecule is COc1ccc(NC(C#N)c2cc(C)cc(C)c2)cc1. The number of rotatable bonds is 4. The smallest absolute Gasteiger partial charge is 0.140 e. The van der Waals surface area contributed by atoms with E-state index in [2.05, 4.69) is 17.5 Å². The van der Waals surface area contributed by atoms with Crippen LogP contribution in [0.1, 0.15) is 22.7 Å². The summed E-state index contributed by atoms with van der Waals surface area (Å²) in [5, 5.41) is 12.6. The summed E-state index contributed by atoms with van der Waals surface area (Å²) in [5.74, 6) is 0.801. The highest BCUT2D eigenvalue weighted by Gasteiger charge is 2.11. The van der Waals surface area contributed by atoms with Crippen molar-refractivity contribution in [2.75, 3.05) is 12.4 Å². The first kappa shape index (κ1) is 14.0. The van der Waals surface area contributed by atoms with E-state index in [1.807, 2.05) is 50.2 Å². The molecule has 2 rings (SSSR count). The minimum Gasteiger partial charge on any atom is -0.497 e. The number of hydrogen-bond acceptors (Lipinski definition) is 3. The molecule has 0 saturated heterocycles. The third kappa shape index (κ3) is 3.30. The lowest BCUT2D eigenvalue weighted by Gasteiger charge is -2.15. The quantitative estimate of drug-likeness (QED) is 0.910. The van der Waals surface area contributed by atoms with E-state index in [0.717, 1.165) is 28.1 Å². The molecular weight excluding hydrogens is 248 g/mol. The topological polar surface area (TPSA) is 45.0 Å². The van der Waals surface area contributed by atoms with Crippen LogP contribution in [0.5, 0.6) is 5.75 Å². The average Bonchev–Trinajstić information content (AvgIpc) is 2.44. The summed E-state index contributed by atoms with van der Waals surface area (Å²) < 4.78 is 5.12. The van der Waals surface area contributed by atoms with Gasteiger partial charge in [0.25, 0.3) is 0 Å². The molecule has 1 atom stereocenters. The Hall–Kier alpha value is -2.47. The van der Waals surface area contributed by atoms with E-state index in [-0.39, 0.29) is 6.04 Å². The fourth-order valence-electron chi connectivity index (χ4n) is 2.22. The molecule has 20 heavy (non-hydrogen) atoms. The fraction of sp³-hybridized carbons (Fsp3) is 0.235. The fourth-order valence-corrected chi connectivity index (χ4v) is 2.22. The summed E-state index contributed by atoms with van der Waals surface area (Å²) in [6, 6.07) is 15.7. The van der Waals surface area contributed by atoms with E-state index in [4.69, 9.17) is 4.74 Å². The third-order valence-corrected chi connectivity index (χ3v) is 3.11. The maximum Gasteiger partial charge on any atom is 0.140 e. The molecule has 0 spiro atoms. The Kier molecular flexibility index (Phi) is 4.27. The molecule has 1 N–H and O–H groups in total. The highest BCUT2D eigenvalue weighted by molar-refractivity contribution is 5.50. The molecule has 0 saturated carbocycles. The molecule has 0 aliphatic rings. The number of nitriles is 1. The van der Waals surface area contributed by atoms with Crippen LogP contribution in [0.4, 0.5) is 5.69 Å². The van der Waals surface area contributed by atoms with Crippen molar-refractivity contribution in [2.24, 2.45) is 0 Å². The van der Waals surface area contributed by atoms with Crippen LogP contribution in [0.3, 0.4) is 0 Å². The van der Waals surface area contributed by atoms with E-state index in [9.17, 15) is 5.26 Å². The van der Waals surface area contributed by atoms with Gasteiger partial charge in [0.05, 0.1) is 13.2 Å². The summed E-state index contributed by atoms with van der Waals surface area (Å²) in [6.45, 7) is 4.08. The highest BCUT2D eigenvalue weighted by Crippen LogP contribution is 2.23. The van der Waals surface area contributed by atoms with Gasteiger partial charge in [0.2, 0.25) is 0 Å². The molecule has 2 aromatic carbocycles. The van der Waals surface area contributed by atoms with E-state index in [1.165, 1.54) is 0 Å². The first-order valence-corrected chi connectivity index (χ1v) is 6.51. The number of anilines is 1. The van der Waals surface area contributed by atoms with Crippen LogP contribution in [0, 0.1) is 25.2 Å². The van der Waals surface area contributed by atoms with Crippen molar-refractivity contribution in [3.63, 3.8) is 0 Å². The Bertz CT molecular complexity index is 606. The van der Waals surface area contributed by atoms with Crippen LogP contribution < -0.4 is 10.1 Å². The summed E-state index contributed by atoms with van der Waals surface area (Å²) in [5.41, 5.74) is 4.21. The first-order chi connectivity index (χ1) is 9.62. The summed E-state index contributed by atoms with van der Waals surface area (Å²) >= 11 is 0.